The SMILES string of the molecule is CCc1nn(C)c(Cl)c1CN1CCC(c2ccncc2)CC1. The van der Waals surface area contributed by atoms with Crippen LogP contribution in [-0.2, 0) is 20.0 Å². The molecular weight excluding hydrogens is 296 g/mol. The van der Waals surface area contributed by atoms with Crippen molar-refractivity contribution in [2.75, 3.05) is 13.1 Å². The summed E-state index contributed by atoms with van der Waals surface area (Å²) in [4.78, 5) is 6.61. The van der Waals surface area contributed by atoms with Crippen LogP contribution >= 0.6 is 11.6 Å². The van der Waals surface area contributed by atoms with Gasteiger partial charge in [0.2, 0.25) is 0 Å². The first-order valence-electron chi connectivity index (χ1n) is 8.01. The lowest BCUT2D eigenvalue weighted by atomic mass is 9.90. The maximum atomic E-state index is 6.40. The number of hydrogen-bond donors (Lipinski definition) is 0. The van der Waals surface area contributed by atoms with Gasteiger partial charge in [-0.25, -0.2) is 0 Å². The smallest absolute Gasteiger partial charge is 0.131 e. The van der Waals surface area contributed by atoms with Gasteiger partial charge >= 0.3 is 0 Å². The van der Waals surface area contributed by atoms with E-state index in [1.54, 1.807) is 4.68 Å². The fraction of sp³-hybridized carbons (Fsp3) is 0.529. The quantitative estimate of drug-likeness (QED) is 0.866. The van der Waals surface area contributed by atoms with Gasteiger partial charge in [0.25, 0.3) is 0 Å². The Morgan fingerprint density at radius 2 is 1.91 bits per heavy atom. The highest BCUT2D eigenvalue weighted by Gasteiger charge is 2.23. The molecule has 1 aliphatic heterocycles. The summed E-state index contributed by atoms with van der Waals surface area (Å²) in [6, 6.07) is 4.29. The van der Waals surface area contributed by atoms with Gasteiger partial charge in [-0.05, 0) is 56.0 Å². The van der Waals surface area contributed by atoms with Crippen LogP contribution in [0.4, 0.5) is 0 Å². The predicted molar refractivity (Wildman–Crippen MR) is 89.1 cm³/mol. The van der Waals surface area contributed by atoms with Gasteiger partial charge in [-0.1, -0.05) is 18.5 Å². The fourth-order valence-electron chi connectivity index (χ4n) is 3.32. The van der Waals surface area contributed by atoms with Crippen molar-refractivity contribution in [2.45, 2.75) is 38.6 Å². The van der Waals surface area contributed by atoms with E-state index in [-0.39, 0.29) is 0 Å². The second kappa shape index (κ2) is 6.80. The number of aryl methyl sites for hydroxylation is 2. The van der Waals surface area contributed by atoms with E-state index in [0.717, 1.165) is 36.9 Å². The maximum absolute atomic E-state index is 6.40. The standard InChI is InChI=1S/C17H23ClN4/c1-3-16-15(17(18)21(2)20-16)12-22-10-6-14(7-11-22)13-4-8-19-9-5-13/h4-5,8-9,14H,3,6-7,10-12H2,1-2H3. The van der Waals surface area contributed by atoms with Crippen LogP contribution in [-0.4, -0.2) is 32.8 Å². The third-order valence-electron chi connectivity index (χ3n) is 4.63. The van der Waals surface area contributed by atoms with E-state index < -0.39 is 0 Å². The molecule has 5 heteroatoms. The summed E-state index contributed by atoms with van der Waals surface area (Å²) in [5, 5.41) is 5.29. The van der Waals surface area contributed by atoms with E-state index in [2.05, 4.69) is 34.0 Å². The minimum absolute atomic E-state index is 0.661. The number of halogens is 1. The molecule has 0 aliphatic carbocycles. The molecule has 118 valence electrons. The Kier molecular flexibility index (Phi) is 4.79. The molecule has 0 N–H and O–H groups in total. The highest BCUT2D eigenvalue weighted by atomic mass is 35.5. The summed E-state index contributed by atoms with van der Waals surface area (Å²) >= 11 is 6.40. The van der Waals surface area contributed by atoms with Crippen LogP contribution < -0.4 is 0 Å². The molecule has 3 rings (SSSR count). The van der Waals surface area contributed by atoms with Gasteiger partial charge in [-0.15, -0.1) is 0 Å². The Morgan fingerprint density at radius 3 is 2.55 bits per heavy atom. The number of rotatable bonds is 4. The van der Waals surface area contributed by atoms with Crippen LogP contribution in [0.5, 0.6) is 0 Å². The number of likely N-dealkylation sites (tertiary alicyclic amines) is 1. The van der Waals surface area contributed by atoms with Crippen molar-refractivity contribution in [2.24, 2.45) is 7.05 Å². The number of aromatic nitrogens is 3. The first-order valence-corrected chi connectivity index (χ1v) is 8.39. The second-order valence-electron chi connectivity index (χ2n) is 6.02. The van der Waals surface area contributed by atoms with Crippen LogP contribution in [0.3, 0.4) is 0 Å². The van der Waals surface area contributed by atoms with Crippen LogP contribution in [0.15, 0.2) is 24.5 Å². The molecule has 0 saturated carbocycles. The molecule has 1 fully saturated rings. The molecule has 2 aromatic heterocycles. The molecule has 1 saturated heterocycles. The van der Waals surface area contributed by atoms with E-state index in [4.69, 9.17) is 11.6 Å². The van der Waals surface area contributed by atoms with E-state index in [1.165, 1.54) is 24.0 Å². The highest BCUT2D eigenvalue weighted by Crippen LogP contribution is 2.29. The van der Waals surface area contributed by atoms with E-state index in [9.17, 15) is 0 Å². The first kappa shape index (κ1) is 15.5. The summed E-state index contributed by atoms with van der Waals surface area (Å²) in [6.07, 6.45) is 7.12. The lowest BCUT2D eigenvalue weighted by Gasteiger charge is -2.32. The average Bonchev–Trinajstić information content (AvgIpc) is 2.84. The zero-order chi connectivity index (χ0) is 15.5. The molecule has 0 aromatic carbocycles. The second-order valence-corrected chi connectivity index (χ2v) is 6.38. The molecule has 0 bridgehead atoms. The Balaban J connectivity index is 1.63. The molecule has 3 heterocycles. The third-order valence-corrected chi connectivity index (χ3v) is 5.11. The molecule has 1 aliphatic rings. The summed E-state index contributed by atoms with van der Waals surface area (Å²) in [5.74, 6) is 0.661. The summed E-state index contributed by atoms with van der Waals surface area (Å²) < 4.78 is 1.79. The first-order chi connectivity index (χ1) is 10.7. The lowest BCUT2D eigenvalue weighted by molar-refractivity contribution is 0.204. The number of nitrogens with zero attached hydrogens (tertiary/aromatic N) is 4. The highest BCUT2D eigenvalue weighted by molar-refractivity contribution is 6.30. The van der Waals surface area contributed by atoms with Gasteiger partial charge in [0.15, 0.2) is 0 Å². The minimum Gasteiger partial charge on any atom is -0.299 e. The van der Waals surface area contributed by atoms with Gasteiger partial charge in [-0.3, -0.25) is 14.6 Å². The summed E-state index contributed by atoms with van der Waals surface area (Å²) in [6.45, 7) is 5.28. The van der Waals surface area contributed by atoms with Gasteiger partial charge in [-0.2, -0.15) is 5.10 Å². The largest absolute Gasteiger partial charge is 0.299 e. The van der Waals surface area contributed by atoms with E-state index in [1.807, 2.05) is 19.4 Å². The monoisotopic (exact) mass is 318 g/mol. The summed E-state index contributed by atoms with van der Waals surface area (Å²) in [5.41, 5.74) is 3.75. The maximum Gasteiger partial charge on any atom is 0.131 e. The number of piperidine rings is 1. The summed E-state index contributed by atoms with van der Waals surface area (Å²) in [7, 11) is 1.92. The van der Waals surface area contributed by atoms with Crippen molar-refractivity contribution in [3.63, 3.8) is 0 Å². The molecule has 0 radical (unpaired) electrons. The van der Waals surface area contributed by atoms with Crippen molar-refractivity contribution < 1.29 is 0 Å². The van der Waals surface area contributed by atoms with Crippen molar-refractivity contribution >= 4 is 11.6 Å². The normalized spacial score (nSPS) is 17.0. The van der Waals surface area contributed by atoms with Crippen LogP contribution in [0.25, 0.3) is 0 Å². The molecule has 2 aromatic rings. The topological polar surface area (TPSA) is 34.0 Å². The van der Waals surface area contributed by atoms with Crippen molar-refractivity contribution in [1.82, 2.24) is 19.7 Å². The molecule has 4 nitrogen and oxygen atoms in total. The molecular formula is C17H23ClN4. The lowest BCUT2D eigenvalue weighted by Crippen LogP contribution is -2.32. The molecule has 22 heavy (non-hydrogen) atoms. The van der Waals surface area contributed by atoms with Gasteiger partial charge in [0.1, 0.15) is 5.15 Å². The number of pyridine rings is 1. The number of hydrogen-bond acceptors (Lipinski definition) is 3. The van der Waals surface area contributed by atoms with Crippen molar-refractivity contribution in [3.8, 4) is 0 Å². The molecule has 0 spiro atoms. The molecule has 0 atom stereocenters. The van der Waals surface area contributed by atoms with Crippen LogP contribution in [0.2, 0.25) is 5.15 Å². The van der Waals surface area contributed by atoms with Gasteiger partial charge < -0.3 is 0 Å². The minimum atomic E-state index is 0.661. The predicted octanol–water partition coefficient (Wildman–Crippen LogP) is 3.41. The van der Waals surface area contributed by atoms with Gasteiger partial charge in [0, 0.05) is 31.5 Å². The Morgan fingerprint density at radius 1 is 1.23 bits per heavy atom. The van der Waals surface area contributed by atoms with Crippen LogP contribution in [0.1, 0.15) is 42.5 Å². The third kappa shape index (κ3) is 3.18. The molecule has 0 unspecified atom stereocenters. The zero-order valence-electron chi connectivity index (χ0n) is 13.3. The Labute approximate surface area is 137 Å². The van der Waals surface area contributed by atoms with E-state index >= 15 is 0 Å². The average molecular weight is 319 g/mol. The molecule has 0 amide bonds. The Bertz CT molecular complexity index is 615. The van der Waals surface area contributed by atoms with Gasteiger partial charge in [0.05, 0.1) is 5.69 Å². The van der Waals surface area contributed by atoms with Crippen molar-refractivity contribution in [3.05, 3.63) is 46.5 Å². The van der Waals surface area contributed by atoms with Crippen molar-refractivity contribution in [1.29, 1.82) is 0 Å². The fourth-order valence-corrected chi connectivity index (χ4v) is 3.53. The van der Waals surface area contributed by atoms with Crippen LogP contribution in [0, 0.1) is 0 Å². The Hall–Kier alpha value is -1.39. The zero-order valence-corrected chi connectivity index (χ0v) is 14.1. The van der Waals surface area contributed by atoms with E-state index in [0.29, 0.717) is 5.92 Å².